The van der Waals surface area contributed by atoms with E-state index in [1.165, 1.54) is 34.9 Å². The van der Waals surface area contributed by atoms with Crippen LogP contribution in [0.5, 0.6) is 0 Å². The van der Waals surface area contributed by atoms with Crippen LogP contribution in [0, 0.1) is 0 Å². The van der Waals surface area contributed by atoms with E-state index in [1.807, 2.05) is 24.3 Å². The fraction of sp³-hybridized carbons (Fsp3) is 0.162. The molecule has 0 amide bonds. The second-order valence-corrected chi connectivity index (χ2v) is 11.1. The van der Waals surface area contributed by atoms with Gasteiger partial charge in [-0.05, 0) is 68.5 Å². The fourth-order valence-corrected chi connectivity index (χ4v) is 7.21. The second-order valence-electron chi connectivity index (χ2n) is 11.1. The van der Waals surface area contributed by atoms with Gasteiger partial charge in [-0.1, -0.05) is 128 Å². The van der Waals surface area contributed by atoms with Crippen LogP contribution < -0.4 is 0 Å². The van der Waals surface area contributed by atoms with Crippen LogP contribution in [-0.4, -0.2) is 13.1 Å². The Labute approximate surface area is 229 Å². The Hall–Kier alpha value is -4.43. The predicted octanol–water partition coefficient (Wildman–Crippen LogP) is 7.90. The van der Waals surface area contributed by atoms with Gasteiger partial charge in [0.15, 0.2) is 0 Å². The number of ether oxygens (including phenoxy) is 1. The number of fused-ring (bicyclic) bond motifs is 6. The highest BCUT2D eigenvalue weighted by Crippen LogP contribution is 2.52. The smallest absolute Gasteiger partial charge is 0.321 e. The van der Waals surface area contributed by atoms with Crippen LogP contribution in [0.25, 0.3) is 22.3 Å². The minimum absolute atomic E-state index is 0.0920. The molecule has 0 heterocycles. The lowest BCUT2D eigenvalue weighted by Gasteiger charge is -2.30. The number of carbonyl (C=O) groups excluding carboxylic acids is 1. The molecule has 190 valence electrons. The number of hydrogen-bond donors (Lipinski definition) is 0. The summed E-state index contributed by atoms with van der Waals surface area (Å²) in [7, 11) is 1.49. The van der Waals surface area contributed by atoms with Crippen molar-refractivity contribution in [2.75, 3.05) is 7.11 Å². The van der Waals surface area contributed by atoms with Crippen molar-refractivity contribution in [1.29, 1.82) is 0 Å². The number of hydrogen-bond acceptors (Lipinski definition) is 2. The van der Waals surface area contributed by atoms with Gasteiger partial charge >= 0.3 is 5.97 Å². The van der Waals surface area contributed by atoms with Crippen molar-refractivity contribution in [1.82, 2.24) is 0 Å². The van der Waals surface area contributed by atoms with Crippen molar-refractivity contribution in [2.45, 2.75) is 30.6 Å². The minimum atomic E-state index is -0.862. The first kappa shape index (κ1) is 23.7. The molecule has 0 atom stereocenters. The standard InChI is InChI=1S/C37H30O2/c1-36(31-15-7-3-11-27(31)28-12-4-8-16-32(28)36)23-25-19-21-26(22-20-25)24-37(35(38)39-2)33-17-9-5-13-29(33)30-14-6-10-18-34(30)37/h3-22H,23-24H2,1-2H3. The lowest BCUT2D eigenvalue weighted by Crippen LogP contribution is -2.38. The molecule has 5 aromatic carbocycles. The number of methoxy groups -OCH3 is 1. The SMILES string of the molecule is COC(=O)C1(Cc2ccc(CC3(C)c4ccccc4-c4ccccc43)cc2)c2ccccc2-c2ccccc21. The highest BCUT2D eigenvalue weighted by atomic mass is 16.5. The van der Waals surface area contributed by atoms with E-state index in [0.717, 1.165) is 34.2 Å². The van der Waals surface area contributed by atoms with E-state index >= 15 is 0 Å². The number of carbonyl (C=O) groups is 1. The lowest BCUT2D eigenvalue weighted by molar-refractivity contribution is -0.145. The maximum Gasteiger partial charge on any atom is 0.321 e. The average molecular weight is 507 g/mol. The van der Waals surface area contributed by atoms with Crippen molar-refractivity contribution >= 4 is 5.97 Å². The number of esters is 1. The highest BCUT2D eigenvalue weighted by Gasteiger charge is 2.50. The summed E-state index contributed by atoms with van der Waals surface area (Å²) < 4.78 is 5.48. The van der Waals surface area contributed by atoms with E-state index in [4.69, 9.17) is 4.74 Å². The third-order valence-corrected chi connectivity index (χ3v) is 8.98. The maximum atomic E-state index is 13.6. The summed E-state index contributed by atoms with van der Waals surface area (Å²) in [4.78, 5) is 13.6. The van der Waals surface area contributed by atoms with Gasteiger partial charge < -0.3 is 4.74 Å². The first-order valence-corrected chi connectivity index (χ1v) is 13.6. The number of benzene rings is 5. The molecule has 0 radical (unpaired) electrons. The van der Waals surface area contributed by atoms with Crippen LogP contribution >= 0.6 is 0 Å². The molecule has 0 fully saturated rings. The van der Waals surface area contributed by atoms with Crippen LogP contribution in [0.1, 0.15) is 40.3 Å². The van der Waals surface area contributed by atoms with E-state index < -0.39 is 5.41 Å². The Morgan fingerprint density at radius 3 is 1.33 bits per heavy atom. The van der Waals surface area contributed by atoms with E-state index in [9.17, 15) is 4.79 Å². The number of rotatable bonds is 5. The van der Waals surface area contributed by atoms with Crippen LogP contribution in [0.4, 0.5) is 0 Å². The van der Waals surface area contributed by atoms with Gasteiger partial charge in [0, 0.05) is 5.41 Å². The largest absolute Gasteiger partial charge is 0.468 e. The predicted molar refractivity (Wildman–Crippen MR) is 157 cm³/mol. The molecule has 0 bridgehead atoms. The molecule has 2 nitrogen and oxygen atoms in total. The summed E-state index contributed by atoms with van der Waals surface area (Å²) >= 11 is 0. The summed E-state index contributed by atoms with van der Waals surface area (Å²) in [5.41, 5.74) is 11.2. The molecule has 2 aliphatic rings. The molecule has 2 heteroatoms. The average Bonchev–Trinajstić information content (AvgIpc) is 3.42. The Bertz CT molecular complexity index is 1640. The molecule has 5 aromatic rings. The fourth-order valence-electron chi connectivity index (χ4n) is 7.21. The molecule has 0 N–H and O–H groups in total. The van der Waals surface area contributed by atoms with Gasteiger partial charge in [0.2, 0.25) is 0 Å². The zero-order valence-corrected chi connectivity index (χ0v) is 22.3. The molecule has 0 saturated heterocycles. The van der Waals surface area contributed by atoms with Crippen LogP contribution in [0.2, 0.25) is 0 Å². The quantitative estimate of drug-likeness (QED) is 0.227. The van der Waals surface area contributed by atoms with Crippen LogP contribution in [-0.2, 0) is 33.2 Å². The van der Waals surface area contributed by atoms with Gasteiger partial charge in [-0.3, -0.25) is 4.79 Å². The minimum Gasteiger partial charge on any atom is -0.468 e. The van der Waals surface area contributed by atoms with Gasteiger partial charge in [-0.25, -0.2) is 0 Å². The van der Waals surface area contributed by atoms with Gasteiger partial charge in [-0.15, -0.1) is 0 Å². The van der Waals surface area contributed by atoms with Crippen molar-refractivity contribution in [3.8, 4) is 22.3 Å². The van der Waals surface area contributed by atoms with Gasteiger partial charge in [0.05, 0.1) is 7.11 Å². The van der Waals surface area contributed by atoms with Crippen LogP contribution in [0.3, 0.4) is 0 Å². The molecule has 39 heavy (non-hydrogen) atoms. The summed E-state index contributed by atoms with van der Waals surface area (Å²) in [6, 6.07) is 43.0. The zero-order chi connectivity index (χ0) is 26.6. The molecule has 0 unspecified atom stereocenters. The van der Waals surface area contributed by atoms with Gasteiger partial charge in [0.25, 0.3) is 0 Å². The first-order chi connectivity index (χ1) is 19.1. The summed E-state index contributed by atoms with van der Waals surface area (Å²) in [5.74, 6) is -0.212. The van der Waals surface area contributed by atoms with E-state index in [-0.39, 0.29) is 11.4 Å². The monoisotopic (exact) mass is 506 g/mol. The highest BCUT2D eigenvalue weighted by molar-refractivity contribution is 5.98. The third-order valence-electron chi connectivity index (χ3n) is 8.98. The third kappa shape index (κ3) is 3.37. The molecule has 0 aliphatic heterocycles. The normalized spacial score (nSPS) is 15.1. The summed E-state index contributed by atoms with van der Waals surface area (Å²) in [5, 5.41) is 0. The van der Waals surface area contributed by atoms with E-state index in [1.54, 1.807) is 0 Å². The van der Waals surface area contributed by atoms with Gasteiger partial charge in [0.1, 0.15) is 5.41 Å². The summed E-state index contributed by atoms with van der Waals surface area (Å²) in [6.45, 7) is 2.37. The maximum absolute atomic E-state index is 13.6. The van der Waals surface area contributed by atoms with Gasteiger partial charge in [-0.2, -0.15) is 0 Å². The summed E-state index contributed by atoms with van der Waals surface area (Å²) in [6.07, 6.45) is 1.46. The molecule has 0 spiro atoms. The molecule has 0 saturated carbocycles. The molecule has 2 aliphatic carbocycles. The van der Waals surface area contributed by atoms with Crippen molar-refractivity contribution in [3.63, 3.8) is 0 Å². The second kappa shape index (κ2) is 8.81. The van der Waals surface area contributed by atoms with Crippen molar-refractivity contribution < 1.29 is 9.53 Å². The Kier molecular flexibility index (Phi) is 5.35. The topological polar surface area (TPSA) is 26.3 Å². The molecular weight excluding hydrogens is 476 g/mol. The van der Waals surface area contributed by atoms with E-state index in [2.05, 4.69) is 104 Å². The van der Waals surface area contributed by atoms with Crippen LogP contribution in [0.15, 0.2) is 121 Å². The van der Waals surface area contributed by atoms with Crippen molar-refractivity contribution in [3.05, 3.63) is 155 Å². The zero-order valence-electron chi connectivity index (χ0n) is 22.3. The first-order valence-electron chi connectivity index (χ1n) is 13.6. The van der Waals surface area contributed by atoms with Crippen molar-refractivity contribution in [2.24, 2.45) is 0 Å². The Morgan fingerprint density at radius 2 is 0.897 bits per heavy atom. The lowest BCUT2D eigenvalue weighted by atomic mass is 9.73. The van der Waals surface area contributed by atoms with E-state index in [0.29, 0.717) is 6.42 Å². The molecule has 0 aromatic heterocycles. The Balaban J connectivity index is 1.26. The molecule has 7 rings (SSSR count). The molecular formula is C37H30O2. The Morgan fingerprint density at radius 1 is 0.538 bits per heavy atom.